The molecule has 0 aliphatic carbocycles. The second-order valence-electron chi connectivity index (χ2n) is 4.58. The van der Waals surface area contributed by atoms with Gasteiger partial charge >= 0.3 is 12.0 Å². The summed E-state index contributed by atoms with van der Waals surface area (Å²) in [4.78, 5) is 24.0. The van der Waals surface area contributed by atoms with E-state index in [2.05, 4.69) is 5.32 Å². The number of urea groups is 1. The number of sulfonamides is 1. The lowest BCUT2D eigenvalue weighted by atomic mass is 9.99. The van der Waals surface area contributed by atoms with Gasteiger partial charge in [0.2, 0.25) is 10.0 Å². The summed E-state index contributed by atoms with van der Waals surface area (Å²) in [6.07, 6.45) is 1.47. The van der Waals surface area contributed by atoms with Crippen LogP contribution in [-0.2, 0) is 14.8 Å². The Morgan fingerprint density at radius 1 is 1.42 bits per heavy atom. The first-order chi connectivity index (χ1) is 8.79. The number of piperidine rings is 1. The topological polar surface area (TPSA) is 130 Å². The average molecular weight is 293 g/mol. The third-order valence-corrected chi connectivity index (χ3v) is 3.80. The number of amides is 2. The number of carbonyl (C=O) groups excluding carboxylic acids is 1. The maximum absolute atomic E-state index is 11.7. The molecule has 2 amide bonds. The Bertz CT molecular complexity index is 436. The molecule has 0 unspecified atom stereocenters. The molecular weight excluding hydrogens is 274 g/mol. The maximum atomic E-state index is 11.7. The Balaban J connectivity index is 2.31. The molecule has 1 aliphatic rings. The predicted octanol–water partition coefficient (Wildman–Crippen LogP) is -0.829. The largest absolute Gasteiger partial charge is 0.481 e. The molecule has 1 saturated heterocycles. The van der Waals surface area contributed by atoms with Crippen LogP contribution >= 0.6 is 0 Å². The molecule has 0 aromatic carbocycles. The molecule has 0 bridgehead atoms. The Morgan fingerprint density at radius 2 is 2.11 bits per heavy atom. The number of aliphatic carboxylic acids is 1. The van der Waals surface area contributed by atoms with Crippen molar-refractivity contribution in [3.8, 4) is 0 Å². The first-order valence-electron chi connectivity index (χ1n) is 6.05. The van der Waals surface area contributed by atoms with Crippen LogP contribution < -0.4 is 10.5 Å². The SMILES string of the molecule is NS(=O)(=O)CCCNC(=O)N1CCC[C@@H](C(=O)O)C1. The minimum Gasteiger partial charge on any atom is -0.481 e. The molecule has 110 valence electrons. The zero-order valence-corrected chi connectivity index (χ0v) is 11.4. The quantitative estimate of drug-likeness (QED) is 0.570. The highest BCUT2D eigenvalue weighted by Crippen LogP contribution is 2.16. The van der Waals surface area contributed by atoms with Crippen molar-refractivity contribution in [3.63, 3.8) is 0 Å². The summed E-state index contributed by atoms with van der Waals surface area (Å²) in [6.45, 7) is 0.907. The highest BCUT2D eigenvalue weighted by atomic mass is 32.2. The summed E-state index contributed by atoms with van der Waals surface area (Å²) in [5.41, 5.74) is 0. The van der Waals surface area contributed by atoms with Crippen molar-refractivity contribution in [2.24, 2.45) is 11.1 Å². The van der Waals surface area contributed by atoms with E-state index in [1.807, 2.05) is 0 Å². The summed E-state index contributed by atoms with van der Waals surface area (Å²) in [5.74, 6) is -1.61. The van der Waals surface area contributed by atoms with Crippen LogP contribution in [-0.4, -0.2) is 55.8 Å². The van der Waals surface area contributed by atoms with Gasteiger partial charge in [0.05, 0.1) is 11.7 Å². The molecule has 0 spiro atoms. The number of hydrogen-bond donors (Lipinski definition) is 3. The molecule has 1 aliphatic heterocycles. The van der Waals surface area contributed by atoms with Gasteiger partial charge in [0.1, 0.15) is 0 Å². The molecule has 0 aromatic rings. The minimum atomic E-state index is -3.51. The van der Waals surface area contributed by atoms with Gasteiger partial charge in [-0.05, 0) is 19.3 Å². The van der Waals surface area contributed by atoms with E-state index in [-0.39, 0.29) is 31.3 Å². The summed E-state index contributed by atoms with van der Waals surface area (Å²) in [7, 11) is -3.51. The zero-order valence-electron chi connectivity index (χ0n) is 10.5. The predicted molar refractivity (Wildman–Crippen MR) is 67.9 cm³/mol. The van der Waals surface area contributed by atoms with Crippen molar-refractivity contribution in [2.45, 2.75) is 19.3 Å². The van der Waals surface area contributed by atoms with Gasteiger partial charge in [-0.3, -0.25) is 4.79 Å². The Labute approximate surface area is 112 Å². The Hall–Kier alpha value is -1.35. The number of carboxylic acid groups (broad SMARTS) is 1. The number of primary sulfonamides is 1. The first-order valence-corrected chi connectivity index (χ1v) is 7.77. The summed E-state index contributed by atoms with van der Waals surface area (Å²) >= 11 is 0. The number of nitrogens with two attached hydrogens (primary N) is 1. The molecule has 0 saturated carbocycles. The fourth-order valence-electron chi connectivity index (χ4n) is 1.94. The second-order valence-corrected chi connectivity index (χ2v) is 6.31. The number of hydrogen-bond acceptors (Lipinski definition) is 4. The normalized spacial score (nSPS) is 20.1. The van der Waals surface area contributed by atoms with Crippen LogP contribution in [0.25, 0.3) is 0 Å². The lowest BCUT2D eigenvalue weighted by Crippen LogP contribution is -2.47. The third kappa shape index (κ3) is 5.88. The van der Waals surface area contributed by atoms with E-state index in [0.717, 1.165) is 0 Å². The standard InChI is InChI=1S/C10H19N3O5S/c11-19(17,18)6-2-4-12-10(16)13-5-1-3-8(7-13)9(14)15/h8H,1-7H2,(H,12,16)(H,14,15)(H2,11,17,18)/t8-/m1/s1. The molecule has 1 heterocycles. The molecular formula is C10H19N3O5S. The lowest BCUT2D eigenvalue weighted by molar-refractivity contribution is -0.143. The van der Waals surface area contributed by atoms with Crippen molar-refractivity contribution in [2.75, 3.05) is 25.4 Å². The van der Waals surface area contributed by atoms with Gasteiger partial charge in [0.25, 0.3) is 0 Å². The van der Waals surface area contributed by atoms with E-state index in [1.165, 1.54) is 4.90 Å². The highest BCUT2D eigenvalue weighted by molar-refractivity contribution is 7.89. The first kappa shape index (κ1) is 15.7. The number of carboxylic acids is 1. The molecule has 1 atom stereocenters. The second kappa shape index (κ2) is 6.71. The van der Waals surface area contributed by atoms with Gasteiger partial charge in [-0.25, -0.2) is 18.4 Å². The van der Waals surface area contributed by atoms with Gasteiger partial charge in [-0.2, -0.15) is 0 Å². The number of likely N-dealkylation sites (tertiary alicyclic amines) is 1. The third-order valence-electron chi connectivity index (χ3n) is 2.94. The molecule has 0 aromatic heterocycles. The van der Waals surface area contributed by atoms with Crippen LogP contribution in [0.15, 0.2) is 0 Å². The van der Waals surface area contributed by atoms with Crippen LogP contribution in [0.4, 0.5) is 4.79 Å². The van der Waals surface area contributed by atoms with Crippen molar-refractivity contribution in [1.82, 2.24) is 10.2 Å². The average Bonchev–Trinajstić information content (AvgIpc) is 2.33. The number of nitrogens with one attached hydrogen (secondary N) is 1. The van der Waals surface area contributed by atoms with E-state index >= 15 is 0 Å². The van der Waals surface area contributed by atoms with Gasteiger partial charge in [0.15, 0.2) is 0 Å². The van der Waals surface area contributed by atoms with Crippen molar-refractivity contribution < 1.29 is 23.1 Å². The molecule has 9 heteroatoms. The van der Waals surface area contributed by atoms with Crippen LogP contribution in [0.1, 0.15) is 19.3 Å². The van der Waals surface area contributed by atoms with Gasteiger partial charge in [-0.15, -0.1) is 0 Å². The molecule has 8 nitrogen and oxygen atoms in total. The fourth-order valence-corrected chi connectivity index (χ4v) is 2.49. The van der Waals surface area contributed by atoms with Crippen LogP contribution in [0.5, 0.6) is 0 Å². The molecule has 1 rings (SSSR count). The van der Waals surface area contributed by atoms with Crippen LogP contribution in [0.3, 0.4) is 0 Å². The number of rotatable bonds is 5. The summed E-state index contributed by atoms with van der Waals surface area (Å²) < 4.78 is 21.4. The van der Waals surface area contributed by atoms with E-state index in [1.54, 1.807) is 0 Å². The zero-order chi connectivity index (χ0) is 14.5. The summed E-state index contributed by atoms with van der Waals surface area (Å²) in [6, 6.07) is -0.361. The fraction of sp³-hybridized carbons (Fsp3) is 0.800. The van der Waals surface area contributed by atoms with Crippen molar-refractivity contribution in [1.29, 1.82) is 0 Å². The maximum Gasteiger partial charge on any atom is 0.317 e. The highest BCUT2D eigenvalue weighted by Gasteiger charge is 2.27. The minimum absolute atomic E-state index is 0.189. The number of carbonyl (C=O) groups is 2. The van der Waals surface area contributed by atoms with E-state index in [9.17, 15) is 18.0 Å². The number of nitrogens with zero attached hydrogens (tertiary/aromatic N) is 1. The Morgan fingerprint density at radius 3 is 2.68 bits per heavy atom. The van der Waals surface area contributed by atoms with Crippen LogP contribution in [0.2, 0.25) is 0 Å². The van der Waals surface area contributed by atoms with E-state index in [0.29, 0.717) is 19.4 Å². The lowest BCUT2D eigenvalue weighted by Gasteiger charge is -2.30. The van der Waals surface area contributed by atoms with Gasteiger partial charge in [0, 0.05) is 19.6 Å². The summed E-state index contributed by atoms with van der Waals surface area (Å²) in [5, 5.41) is 16.3. The molecule has 0 radical (unpaired) electrons. The van der Waals surface area contributed by atoms with Crippen LogP contribution in [0, 0.1) is 5.92 Å². The molecule has 4 N–H and O–H groups in total. The Kier molecular flexibility index (Phi) is 5.55. The van der Waals surface area contributed by atoms with E-state index < -0.39 is 21.9 Å². The monoisotopic (exact) mass is 293 g/mol. The van der Waals surface area contributed by atoms with Gasteiger partial charge in [-0.1, -0.05) is 0 Å². The van der Waals surface area contributed by atoms with E-state index in [4.69, 9.17) is 10.2 Å². The van der Waals surface area contributed by atoms with Gasteiger partial charge < -0.3 is 15.3 Å². The van der Waals surface area contributed by atoms with Crippen molar-refractivity contribution in [3.05, 3.63) is 0 Å². The smallest absolute Gasteiger partial charge is 0.317 e. The molecule has 1 fully saturated rings. The van der Waals surface area contributed by atoms with Crippen molar-refractivity contribution >= 4 is 22.0 Å². The molecule has 19 heavy (non-hydrogen) atoms.